The molecule has 0 radical (unpaired) electrons. The first-order chi connectivity index (χ1) is 14.2. The van der Waals surface area contributed by atoms with E-state index >= 15 is 0 Å². The second-order valence-electron chi connectivity index (χ2n) is 8.88. The van der Waals surface area contributed by atoms with Gasteiger partial charge < -0.3 is 20.6 Å². The van der Waals surface area contributed by atoms with Crippen LogP contribution >= 0.6 is 24.0 Å². The van der Waals surface area contributed by atoms with Crippen LogP contribution in [0, 0.1) is 0 Å². The van der Waals surface area contributed by atoms with Gasteiger partial charge in [-0.25, -0.2) is 0 Å². The predicted molar refractivity (Wildman–Crippen MR) is 138 cm³/mol. The summed E-state index contributed by atoms with van der Waals surface area (Å²) in [4.78, 5) is 20.2. The summed E-state index contributed by atoms with van der Waals surface area (Å²) in [6, 6.07) is 8.14. The highest BCUT2D eigenvalue weighted by Crippen LogP contribution is 2.24. The van der Waals surface area contributed by atoms with Crippen molar-refractivity contribution in [2.24, 2.45) is 4.99 Å². The highest BCUT2D eigenvalue weighted by atomic mass is 127. The molecule has 1 amide bonds. The van der Waals surface area contributed by atoms with Gasteiger partial charge >= 0.3 is 0 Å². The third kappa shape index (κ3) is 9.33. The van der Waals surface area contributed by atoms with Gasteiger partial charge in [-0.2, -0.15) is 0 Å². The quantitative estimate of drug-likeness (QED) is 0.279. The van der Waals surface area contributed by atoms with E-state index in [1.807, 2.05) is 24.0 Å². The average Bonchev–Trinajstić information content (AvgIpc) is 2.71. The lowest BCUT2D eigenvalue weighted by Gasteiger charge is -2.34. The molecule has 8 heteroatoms. The van der Waals surface area contributed by atoms with Crippen LogP contribution < -0.4 is 10.6 Å². The van der Waals surface area contributed by atoms with Gasteiger partial charge in [0.05, 0.1) is 12.6 Å². The molecule has 0 spiro atoms. The SMILES string of the molecule is CCNC(=NCC(O)c1ccc(C(C)(C)C)cc1)NCCN1CCN(C(C)=O)CC1.I. The van der Waals surface area contributed by atoms with E-state index in [1.165, 1.54) is 5.56 Å². The summed E-state index contributed by atoms with van der Waals surface area (Å²) in [5, 5.41) is 17.1. The lowest BCUT2D eigenvalue weighted by Crippen LogP contribution is -2.50. The number of hydrogen-bond donors (Lipinski definition) is 3. The predicted octanol–water partition coefficient (Wildman–Crippen LogP) is 2.35. The number of nitrogens with one attached hydrogen (secondary N) is 2. The molecule has 2 rings (SSSR count). The Kier molecular flexibility index (Phi) is 11.8. The lowest BCUT2D eigenvalue weighted by atomic mass is 9.86. The normalized spacial score (nSPS) is 16.5. The van der Waals surface area contributed by atoms with E-state index in [0.29, 0.717) is 12.5 Å². The van der Waals surface area contributed by atoms with E-state index in [4.69, 9.17) is 0 Å². The zero-order chi connectivity index (χ0) is 22.1. The summed E-state index contributed by atoms with van der Waals surface area (Å²) in [7, 11) is 0. The van der Waals surface area contributed by atoms with Crippen molar-refractivity contribution in [1.29, 1.82) is 0 Å². The van der Waals surface area contributed by atoms with Crippen molar-refractivity contribution in [3.8, 4) is 0 Å². The monoisotopic (exact) mass is 545 g/mol. The first-order valence-electron chi connectivity index (χ1n) is 11.0. The average molecular weight is 546 g/mol. The molecule has 1 fully saturated rings. The summed E-state index contributed by atoms with van der Waals surface area (Å²) in [5.41, 5.74) is 2.23. The van der Waals surface area contributed by atoms with Gasteiger partial charge in [-0.05, 0) is 23.5 Å². The number of piperazine rings is 1. The van der Waals surface area contributed by atoms with Crippen molar-refractivity contribution in [3.63, 3.8) is 0 Å². The van der Waals surface area contributed by atoms with Gasteiger partial charge in [0.2, 0.25) is 5.91 Å². The van der Waals surface area contributed by atoms with Crippen molar-refractivity contribution in [2.45, 2.75) is 46.1 Å². The lowest BCUT2D eigenvalue weighted by molar-refractivity contribution is -0.130. The van der Waals surface area contributed by atoms with Crippen LogP contribution in [0.2, 0.25) is 0 Å². The van der Waals surface area contributed by atoms with Crippen molar-refractivity contribution < 1.29 is 9.90 Å². The van der Waals surface area contributed by atoms with Gasteiger partial charge in [0.1, 0.15) is 0 Å². The van der Waals surface area contributed by atoms with Gasteiger partial charge in [0, 0.05) is 52.7 Å². The van der Waals surface area contributed by atoms with E-state index < -0.39 is 6.10 Å². The Bertz CT molecular complexity index is 695. The van der Waals surface area contributed by atoms with Crippen LogP contribution in [0.1, 0.15) is 51.8 Å². The van der Waals surface area contributed by atoms with Crippen molar-refractivity contribution in [3.05, 3.63) is 35.4 Å². The van der Waals surface area contributed by atoms with E-state index in [2.05, 4.69) is 53.4 Å². The topological polar surface area (TPSA) is 80.2 Å². The molecular weight excluding hydrogens is 505 g/mol. The fourth-order valence-electron chi connectivity index (χ4n) is 3.45. The molecule has 1 saturated heterocycles. The van der Waals surface area contributed by atoms with E-state index in [9.17, 15) is 9.90 Å². The minimum Gasteiger partial charge on any atom is -0.386 e. The molecule has 1 heterocycles. The first kappa shape index (κ1) is 27.6. The van der Waals surface area contributed by atoms with Gasteiger partial charge in [-0.15, -0.1) is 24.0 Å². The van der Waals surface area contributed by atoms with Crippen molar-refractivity contribution in [1.82, 2.24) is 20.4 Å². The standard InChI is InChI=1S/C23H39N5O2.HI/c1-6-24-22(25-11-12-27-13-15-28(16-14-27)18(2)29)26-17-21(30)19-7-9-20(10-8-19)23(3,4)5;/h7-10,21,30H,6,11-17H2,1-5H3,(H2,24,25,26);1H. The molecule has 1 aliphatic rings. The van der Waals surface area contributed by atoms with Gasteiger partial charge in [0.25, 0.3) is 0 Å². The maximum Gasteiger partial charge on any atom is 0.219 e. The van der Waals surface area contributed by atoms with Gasteiger partial charge in [0.15, 0.2) is 5.96 Å². The Hall–Kier alpha value is -1.39. The molecule has 176 valence electrons. The third-order valence-electron chi connectivity index (χ3n) is 5.47. The first-order valence-corrected chi connectivity index (χ1v) is 11.0. The van der Waals surface area contributed by atoms with Crippen LogP contribution in [0.3, 0.4) is 0 Å². The van der Waals surface area contributed by atoms with Gasteiger partial charge in [-0.1, -0.05) is 45.0 Å². The van der Waals surface area contributed by atoms with Crippen LogP contribution in [-0.2, 0) is 10.2 Å². The summed E-state index contributed by atoms with van der Waals surface area (Å²) < 4.78 is 0. The highest BCUT2D eigenvalue weighted by molar-refractivity contribution is 14.0. The number of carbonyl (C=O) groups is 1. The van der Waals surface area contributed by atoms with E-state index in [0.717, 1.165) is 51.4 Å². The largest absolute Gasteiger partial charge is 0.386 e. The van der Waals surface area contributed by atoms with Gasteiger partial charge in [-0.3, -0.25) is 14.7 Å². The number of hydrogen-bond acceptors (Lipinski definition) is 4. The fraction of sp³-hybridized carbons (Fsp3) is 0.652. The van der Waals surface area contributed by atoms with Crippen LogP contribution in [-0.4, -0.2) is 79.1 Å². The number of halogens is 1. The molecule has 1 atom stereocenters. The Morgan fingerprint density at radius 2 is 1.74 bits per heavy atom. The molecule has 0 bridgehead atoms. The van der Waals surface area contributed by atoms with Crippen LogP contribution in [0.5, 0.6) is 0 Å². The van der Waals surface area contributed by atoms with E-state index in [-0.39, 0.29) is 35.3 Å². The maximum absolute atomic E-state index is 11.4. The number of nitrogens with zero attached hydrogens (tertiary/aromatic N) is 3. The number of benzene rings is 1. The van der Waals surface area contributed by atoms with Crippen LogP contribution in [0.15, 0.2) is 29.3 Å². The molecule has 31 heavy (non-hydrogen) atoms. The molecule has 1 aromatic carbocycles. The summed E-state index contributed by atoms with van der Waals surface area (Å²) in [6.45, 7) is 16.3. The zero-order valence-corrected chi connectivity index (χ0v) is 22.0. The minimum absolute atomic E-state index is 0. The Balaban J connectivity index is 0.00000480. The molecule has 7 nitrogen and oxygen atoms in total. The summed E-state index contributed by atoms with van der Waals surface area (Å²) >= 11 is 0. The second-order valence-corrected chi connectivity index (χ2v) is 8.88. The smallest absolute Gasteiger partial charge is 0.219 e. The fourth-order valence-corrected chi connectivity index (χ4v) is 3.45. The number of guanidine groups is 1. The molecule has 0 aliphatic carbocycles. The number of aliphatic imine (C=N–C) groups is 1. The zero-order valence-electron chi connectivity index (χ0n) is 19.6. The van der Waals surface area contributed by atoms with E-state index in [1.54, 1.807) is 6.92 Å². The number of carbonyl (C=O) groups excluding carboxylic acids is 1. The molecular formula is C23H40IN5O2. The van der Waals surface area contributed by atoms with Crippen molar-refractivity contribution in [2.75, 3.05) is 52.4 Å². The molecule has 1 unspecified atom stereocenters. The Labute approximate surface area is 204 Å². The van der Waals surface area contributed by atoms with Crippen LogP contribution in [0.25, 0.3) is 0 Å². The second kappa shape index (κ2) is 13.2. The third-order valence-corrected chi connectivity index (χ3v) is 5.47. The molecule has 1 aromatic rings. The number of rotatable bonds is 7. The number of amides is 1. The minimum atomic E-state index is -0.630. The molecule has 1 aliphatic heterocycles. The Morgan fingerprint density at radius 3 is 2.26 bits per heavy atom. The summed E-state index contributed by atoms with van der Waals surface area (Å²) in [6.07, 6.45) is -0.630. The van der Waals surface area contributed by atoms with Crippen molar-refractivity contribution >= 4 is 35.8 Å². The molecule has 3 N–H and O–H groups in total. The number of aliphatic hydroxyl groups is 1. The summed E-state index contributed by atoms with van der Waals surface area (Å²) in [5.74, 6) is 0.867. The Morgan fingerprint density at radius 1 is 1.13 bits per heavy atom. The molecule has 0 aromatic heterocycles. The molecule has 0 saturated carbocycles. The highest BCUT2D eigenvalue weighted by Gasteiger charge is 2.18. The number of aliphatic hydroxyl groups excluding tert-OH is 1. The van der Waals surface area contributed by atoms with Crippen LogP contribution in [0.4, 0.5) is 0 Å². The maximum atomic E-state index is 11.4.